The Kier molecular flexibility index (Phi) is 9.69. The lowest BCUT2D eigenvalue weighted by Crippen LogP contribution is -2.35. The van der Waals surface area contributed by atoms with Crippen LogP contribution in [0.3, 0.4) is 0 Å². The van der Waals surface area contributed by atoms with Gasteiger partial charge in [-0.2, -0.15) is 0 Å². The van der Waals surface area contributed by atoms with Crippen LogP contribution in [-0.4, -0.2) is 14.5 Å². The molecule has 0 saturated heterocycles. The number of aryl methyl sites for hydroxylation is 1. The van der Waals surface area contributed by atoms with Crippen molar-refractivity contribution in [3.63, 3.8) is 0 Å². The van der Waals surface area contributed by atoms with Crippen LogP contribution in [0.25, 0.3) is 0 Å². The highest BCUT2D eigenvalue weighted by Gasteiger charge is 2.20. The molecule has 2 rings (SSSR count). The summed E-state index contributed by atoms with van der Waals surface area (Å²) in [5, 5.41) is 0. The molecular formula is C22H37NO2S. The third-order valence-corrected chi connectivity index (χ3v) is 7.02. The Balaban J connectivity index is 1.95. The van der Waals surface area contributed by atoms with E-state index in [2.05, 4.69) is 11.6 Å². The number of unbranched alkanes of at least 4 members (excludes halogenated alkanes) is 1. The van der Waals surface area contributed by atoms with Crippen LogP contribution in [-0.2, 0) is 16.4 Å². The summed E-state index contributed by atoms with van der Waals surface area (Å²) < 4.78 is 28.6. The molecular weight excluding hydrogens is 342 g/mol. The Morgan fingerprint density at radius 2 is 1.35 bits per heavy atom. The SMILES string of the molecule is CCCCc1ccc(S(=O)(=O)NC2CCCCCCCCCCC2)cc1. The van der Waals surface area contributed by atoms with Gasteiger partial charge in [0.2, 0.25) is 10.0 Å². The topological polar surface area (TPSA) is 46.2 Å². The standard InChI is InChI=1S/C22H37NO2S/c1-2-3-13-20-16-18-22(19-17-20)26(24,25)23-21-14-11-9-7-5-4-6-8-10-12-15-21/h16-19,21,23H,2-15H2,1H3. The maximum atomic E-state index is 12.8. The maximum absolute atomic E-state index is 12.8. The third kappa shape index (κ3) is 7.79. The van der Waals surface area contributed by atoms with E-state index in [-0.39, 0.29) is 6.04 Å². The minimum atomic E-state index is -3.41. The van der Waals surface area contributed by atoms with Crippen molar-refractivity contribution in [3.8, 4) is 0 Å². The fourth-order valence-corrected chi connectivity index (χ4v) is 5.09. The molecule has 0 aliphatic heterocycles. The summed E-state index contributed by atoms with van der Waals surface area (Å²) in [5.41, 5.74) is 1.22. The number of hydrogen-bond acceptors (Lipinski definition) is 2. The Morgan fingerprint density at radius 1 is 0.846 bits per heavy atom. The molecule has 1 fully saturated rings. The van der Waals surface area contributed by atoms with Crippen LogP contribution < -0.4 is 4.72 Å². The zero-order chi connectivity index (χ0) is 18.7. The van der Waals surface area contributed by atoms with Gasteiger partial charge in [-0.05, 0) is 43.4 Å². The molecule has 4 heteroatoms. The third-order valence-electron chi connectivity index (χ3n) is 5.48. The molecule has 1 N–H and O–H groups in total. The molecule has 0 heterocycles. The van der Waals surface area contributed by atoms with Crippen molar-refractivity contribution in [1.82, 2.24) is 4.72 Å². The van der Waals surface area contributed by atoms with Crippen LogP contribution in [0.15, 0.2) is 29.2 Å². The fraction of sp³-hybridized carbons (Fsp3) is 0.727. The van der Waals surface area contributed by atoms with Crippen molar-refractivity contribution in [2.45, 2.75) is 108 Å². The normalized spacial score (nSPS) is 18.8. The van der Waals surface area contributed by atoms with Gasteiger partial charge in [0.25, 0.3) is 0 Å². The lowest BCUT2D eigenvalue weighted by Gasteiger charge is -2.19. The number of hydrogen-bond donors (Lipinski definition) is 1. The Bertz CT molecular complexity index is 583. The van der Waals surface area contributed by atoms with Gasteiger partial charge < -0.3 is 0 Å². The van der Waals surface area contributed by atoms with E-state index in [0.717, 1.165) is 44.9 Å². The van der Waals surface area contributed by atoms with Gasteiger partial charge in [-0.15, -0.1) is 0 Å². The second-order valence-corrected chi connectivity index (χ2v) is 9.54. The largest absolute Gasteiger partial charge is 0.240 e. The van der Waals surface area contributed by atoms with E-state index in [1.807, 2.05) is 12.1 Å². The van der Waals surface area contributed by atoms with Crippen LogP contribution in [0.4, 0.5) is 0 Å². The molecule has 0 atom stereocenters. The highest BCUT2D eigenvalue weighted by atomic mass is 32.2. The van der Waals surface area contributed by atoms with Crippen LogP contribution in [0.1, 0.15) is 96.0 Å². The van der Waals surface area contributed by atoms with E-state index in [4.69, 9.17) is 0 Å². The summed E-state index contributed by atoms with van der Waals surface area (Å²) in [5.74, 6) is 0. The first-order valence-corrected chi connectivity index (χ1v) is 12.2. The van der Waals surface area contributed by atoms with Crippen molar-refractivity contribution >= 4 is 10.0 Å². The molecule has 1 aliphatic rings. The first-order chi connectivity index (χ1) is 12.6. The lowest BCUT2D eigenvalue weighted by molar-refractivity contribution is 0.440. The highest BCUT2D eigenvalue weighted by molar-refractivity contribution is 7.89. The van der Waals surface area contributed by atoms with E-state index in [1.165, 1.54) is 50.5 Å². The van der Waals surface area contributed by atoms with E-state index >= 15 is 0 Å². The van der Waals surface area contributed by atoms with Crippen molar-refractivity contribution in [1.29, 1.82) is 0 Å². The first-order valence-electron chi connectivity index (χ1n) is 10.7. The summed E-state index contributed by atoms with van der Waals surface area (Å²) in [6.45, 7) is 2.17. The minimum Gasteiger partial charge on any atom is -0.208 e. The monoisotopic (exact) mass is 379 g/mol. The molecule has 0 radical (unpaired) electrons. The molecule has 3 nitrogen and oxygen atoms in total. The van der Waals surface area contributed by atoms with Crippen molar-refractivity contribution < 1.29 is 8.42 Å². The molecule has 1 aliphatic carbocycles. The summed E-state index contributed by atoms with van der Waals surface area (Å²) in [6.07, 6.45) is 16.6. The van der Waals surface area contributed by atoms with E-state index in [0.29, 0.717) is 4.90 Å². The van der Waals surface area contributed by atoms with Gasteiger partial charge in [0.15, 0.2) is 0 Å². The molecule has 1 aromatic carbocycles. The molecule has 0 bridgehead atoms. The predicted octanol–water partition coefficient (Wildman–Crippen LogP) is 5.98. The summed E-state index contributed by atoms with van der Waals surface area (Å²) in [4.78, 5) is 0.406. The highest BCUT2D eigenvalue weighted by Crippen LogP contribution is 2.19. The number of sulfonamides is 1. The number of benzene rings is 1. The average Bonchev–Trinajstić information content (AvgIpc) is 2.62. The van der Waals surface area contributed by atoms with Crippen LogP contribution in [0, 0.1) is 0 Å². The molecule has 148 valence electrons. The molecule has 0 unspecified atom stereocenters. The minimum absolute atomic E-state index is 0.0826. The predicted molar refractivity (Wildman–Crippen MR) is 110 cm³/mol. The zero-order valence-corrected chi connectivity index (χ0v) is 17.3. The van der Waals surface area contributed by atoms with Crippen LogP contribution in [0.2, 0.25) is 0 Å². The van der Waals surface area contributed by atoms with Crippen LogP contribution >= 0.6 is 0 Å². The smallest absolute Gasteiger partial charge is 0.208 e. The van der Waals surface area contributed by atoms with Gasteiger partial charge >= 0.3 is 0 Å². The quantitative estimate of drug-likeness (QED) is 0.661. The average molecular weight is 380 g/mol. The van der Waals surface area contributed by atoms with E-state index in [9.17, 15) is 8.42 Å². The van der Waals surface area contributed by atoms with Gasteiger partial charge in [-0.25, -0.2) is 13.1 Å². The summed E-state index contributed by atoms with van der Waals surface area (Å²) in [7, 11) is -3.41. The second kappa shape index (κ2) is 11.8. The Morgan fingerprint density at radius 3 is 1.85 bits per heavy atom. The molecule has 26 heavy (non-hydrogen) atoms. The maximum Gasteiger partial charge on any atom is 0.240 e. The van der Waals surface area contributed by atoms with E-state index in [1.54, 1.807) is 12.1 Å². The van der Waals surface area contributed by atoms with Crippen molar-refractivity contribution in [2.24, 2.45) is 0 Å². The molecule has 0 aromatic heterocycles. The van der Waals surface area contributed by atoms with E-state index < -0.39 is 10.0 Å². The molecule has 0 spiro atoms. The molecule has 1 saturated carbocycles. The number of rotatable bonds is 6. The van der Waals surface area contributed by atoms with Gasteiger partial charge in [-0.3, -0.25) is 0 Å². The van der Waals surface area contributed by atoms with Gasteiger partial charge in [0.05, 0.1) is 4.90 Å². The summed E-state index contributed by atoms with van der Waals surface area (Å²) >= 11 is 0. The summed E-state index contributed by atoms with van der Waals surface area (Å²) in [6, 6.07) is 7.54. The number of nitrogens with one attached hydrogen (secondary N) is 1. The zero-order valence-electron chi connectivity index (χ0n) is 16.5. The molecule has 1 aromatic rings. The van der Waals surface area contributed by atoms with Crippen LogP contribution in [0.5, 0.6) is 0 Å². The Labute approximate surface area is 161 Å². The van der Waals surface area contributed by atoms with Gasteiger partial charge in [-0.1, -0.05) is 83.3 Å². The fourth-order valence-electron chi connectivity index (χ4n) is 3.78. The molecule has 0 amide bonds. The van der Waals surface area contributed by atoms with Crippen molar-refractivity contribution in [3.05, 3.63) is 29.8 Å². The second-order valence-electron chi connectivity index (χ2n) is 7.83. The van der Waals surface area contributed by atoms with Crippen molar-refractivity contribution in [2.75, 3.05) is 0 Å². The van der Waals surface area contributed by atoms with Gasteiger partial charge in [0.1, 0.15) is 0 Å². The first kappa shape index (κ1) is 21.4. The lowest BCUT2D eigenvalue weighted by atomic mass is 9.98. The Hall–Kier alpha value is -0.870. The van der Waals surface area contributed by atoms with Gasteiger partial charge in [0, 0.05) is 6.04 Å².